The van der Waals surface area contributed by atoms with Crippen LogP contribution in [-0.2, 0) is 14.6 Å². The summed E-state index contributed by atoms with van der Waals surface area (Å²) in [5.74, 6) is 0. The fourth-order valence-electron chi connectivity index (χ4n) is 1.60. The molecule has 2 rings (SSSR count). The average molecular weight is 239 g/mol. The molecule has 1 aliphatic heterocycles. The highest BCUT2D eigenvalue weighted by molar-refractivity contribution is 8.07. The molecule has 1 heterocycles. The molecule has 0 aliphatic carbocycles. The minimum absolute atomic E-state index is 0.124. The van der Waals surface area contributed by atoms with Gasteiger partial charge in [-0.05, 0) is 13.8 Å². The van der Waals surface area contributed by atoms with Crippen LogP contribution in [0.2, 0.25) is 0 Å². The number of sulfone groups is 1. The zero-order valence-corrected chi connectivity index (χ0v) is 9.94. The highest BCUT2D eigenvalue weighted by Crippen LogP contribution is 2.20. The van der Waals surface area contributed by atoms with E-state index in [1.54, 1.807) is 31.2 Å². The minimum atomic E-state index is -3.46. The highest BCUT2D eigenvalue weighted by atomic mass is 32.2. The maximum Gasteiger partial charge on any atom is 0.222 e. The van der Waals surface area contributed by atoms with Gasteiger partial charge in [-0.15, -0.1) is 0 Å². The highest BCUT2D eigenvalue weighted by Gasteiger charge is 2.34. The van der Waals surface area contributed by atoms with E-state index in [0.29, 0.717) is 5.56 Å². The largest absolute Gasteiger partial charge is 0.338 e. The van der Waals surface area contributed by atoms with Gasteiger partial charge in [-0.1, -0.05) is 30.3 Å². The molecule has 1 aliphatic rings. The van der Waals surface area contributed by atoms with Crippen molar-refractivity contribution in [3.63, 3.8) is 0 Å². The van der Waals surface area contributed by atoms with E-state index in [-0.39, 0.29) is 5.04 Å². The second kappa shape index (κ2) is 3.99. The molecule has 0 amide bonds. The molecule has 16 heavy (non-hydrogen) atoms. The van der Waals surface area contributed by atoms with E-state index in [2.05, 4.69) is 4.99 Å². The number of nitrogens with zero attached hydrogens (tertiary/aromatic N) is 1. The Morgan fingerprint density at radius 1 is 1.19 bits per heavy atom. The van der Waals surface area contributed by atoms with Crippen LogP contribution in [0.15, 0.2) is 35.3 Å². The first-order valence-electron chi connectivity index (χ1n) is 5.04. The van der Waals surface area contributed by atoms with Gasteiger partial charge in [0.25, 0.3) is 0 Å². The van der Waals surface area contributed by atoms with Gasteiger partial charge in [-0.2, -0.15) is 0 Å². The van der Waals surface area contributed by atoms with Crippen LogP contribution in [0.5, 0.6) is 0 Å². The second-order valence-corrected chi connectivity index (χ2v) is 5.79. The van der Waals surface area contributed by atoms with Crippen LogP contribution in [0.3, 0.4) is 0 Å². The average Bonchev–Trinajstić information content (AvgIpc) is 2.25. The summed E-state index contributed by atoms with van der Waals surface area (Å²) in [6, 6.07) is 8.89. The van der Waals surface area contributed by atoms with Crippen molar-refractivity contribution in [1.29, 1.82) is 0 Å². The third-order valence-electron chi connectivity index (χ3n) is 2.41. The Morgan fingerprint density at radius 2 is 1.81 bits per heavy atom. The monoisotopic (exact) mass is 239 g/mol. The smallest absolute Gasteiger partial charge is 0.222 e. The van der Waals surface area contributed by atoms with Gasteiger partial charge in [0.2, 0.25) is 9.84 Å². The molecule has 4 nitrogen and oxygen atoms in total. The number of aliphatic imine (C=N–C) groups is 1. The Kier molecular flexibility index (Phi) is 2.82. The lowest BCUT2D eigenvalue weighted by Gasteiger charge is -2.24. The van der Waals surface area contributed by atoms with Crippen molar-refractivity contribution in [3.8, 4) is 0 Å². The number of ether oxygens (including phenoxy) is 1. The van der Waals surface area contributed by atoms with E-state index in [1.165, 1.54) is 6.92 Å². The normalized spacial score (nSPS) is 28.5. The maximum absolute atomic E-state index is 12.0. The molecule has 0 fully saturated rings. The summed E-state index contributed by atoms with van der Waals surface area (Å²) < 4.78 is 29.2. The Balaban J connectivity index is 2.55. The fourth-order valence-corrected chi connectivity index (χ4v) is 2.98. The number of hydrogen-bond acceptors (Lipinski definition) is 4. The predicted octanol–water partition coefficient (Wildman–Crippen LogP) is 1.57. The Morgan fingerprint density at radius 3 is 2.44 bits per heavy atom. The van der Waals surface area contributed by atoms with E-state index < -0.39 is 21.5 Å². The molecule has 1 aromatic rings. The zero-order valence-electron chi connectivity index (χ0n) is 9.12. The Bertz CT molecular complexity index is 507. The first kappa shape index (κ1) is 11.3. The molecule has 0 radical (unpaired) electrons. The predicted molar refractivity (Wildman–Crippen MR) is 61.9 cm³/mol. The molecule has 0 saturated carbocycles. The molecule has 2 atom stereocenters. The maximum atomic E-state index is 12.0. The number of hydrogen-bond donors (Lipinski definition) is 0. The van der Waals surface area contributed by atoms with Crippen LogP contribution in [-0.4, -0.2) is 25.1 Å². The summed E-state index contributed by atoms with van der Waals surface area (Å²) in [5.41, 5.74) is -0.222. The molecule has 5 heteroatoms. The van der Waals surface area contributed by atoms with Gasteiger partial charge >= 0.3 is 0 Å². The lowest BCUT2D eigenvalue weighted by Crippen LogP contribution is -2.36. The van der Waals surface area contributed by atoms with Crippen LogP contribution in [0.4, 0.5) is 0 Å². The molecule has 0 saturated heterocycles. The summed E-state index contributed by atoms with van der Waals surface area (Å²) >= 11 is 0. The summed E-state index contributed by atoms with van der Waals surface area (Å²) in [5, 5.41) is 0.124. The molecular weight excluding hydrogens is 226 g/mol. The first-order valence-corrected chi connectivity index (χ1v) is 6.59. The molecular formula is C11H13NO3S. The molecule has 86 valence electrons. The van der Waals surface area contributed by atoms with Crippen molar-refractivity contribution < 1.29 is 13.2 Å². The van der Waals surface area contributed by atoms with Gasteiger partial charge in [-0.25, -0.2) is 13.4 Å². The lowest BCUT2D eigenvalue weighted by atomic mass is 10.2. The van der Waals surface area contributed by atoms with Crippen molar-refractivity contribution in [3.05, 3.63) is 35.9 Å². The van der Waals surface area contributed by atoms with E-state index in [0.717, 1.165) is 0 Å². The van der Waals surface area contributed by atoms with Crippen molar-refractivity contribution >= 4 is 14.9 Å². The van der Waals surface area contributed by atoms with Crippen molar-refractivity contribution in [2.24, 2.45) is 4.99 Å². The SMILES string of the molecule is CC1N=C(c2ccccc2)S(=O)(=O)C(C)O1. The Hall–Kier alpha value is -1.20. The van der Waals surface area contributed by atoms with Gasteiger partial charge in [0.15, 0.2) is 10.5 Å². The fraction of sp³-hybridized carbons (Fsp3) is 0.364. The quantitative estimate of drug-likeness (QED) is 0.747. The standard InChI is InChI=1S/C11H13NO3S/c1-8-12-11(10-6-4-3-5-7-10)16(13,14)9(2)15-8/h3-9H,1-2H3. The van der Waals surface area contributed by atoms with E-state index in [9.17, 15) is 8.42 Å². The van der Waals surface area contributed by atoms with Crippen LogP contribution in [0.25, 0.3) is 0 Å². The van der Waals surface area contributed by atoms with Crippen molar-refractivity contribution in [2.45, 2.75) is 25.5 Å². The van der Waals surface area contributed by atoms with Crippen LogP contribution in [0.1, 0.15) is 19.4 Å². The topological polar surface area (TPSA) is 55.7 Å². The second-order valence-electron chi connectivity index (χ2n) is 3.65. The van der Waals surface area contributed by atoms with Gasteiger partial charge in [-0.3, -0.25) is 0 Å². The zero-order chi connectivity index (χ0) is 11.8. The van der Waals surface area contributed by atoms with Gasteiger partial charge in [0.05, 0.1) is 0 Å². The number of benzene rings is 1. The summed E-state index contributed by atoms with van der Waals surface area (Å²) in [7, 11) is -3.46. The molecule has 0 aromatic heterocycles. The van der Waals surface area contributed by atoms with Crippen molar-refractivity contribution in [2.75, 3.05) is 0 Å². The van der Waals surface area contributed by atoms with Gasteiger partial charge < -0.3 is 4.74 Å². The van der Waals surface area contributed by atoms with E-state index in [1.807, 2.05) is 6.07 Å². The first-order chi connectivity index (χ1) is 7.51. The van der Waals surface area contributed by atoms with Crippen LogP contribution >= 0.6 is 0 Å². The van der Waals surface area contributed by atoms with Crippen LogP contribution in [0, 0.1) is 0 Å². The molecule has 2 unspecified atom stereocenters. The molecule has 0 N–H and O–H groups in total. The third-order valence-corrected chi connectivity index (χ3v) is 4.28. The Labute approximate surface area is 94.9 Å². The van der Waals surface area contributed by atoms with Gasteiger partial charge in [0.1, 0.15) is 6.23 Å². The minimum Gasteiger partial charge on any atom is -0.338 e. The molecule has 0 bridgehead atoms. The van der Waals surface area contributed by atoms with E-state index in [4.69, 9.17) is 4.74 Å². The van der Waals surface area contributed by atoms with Crippen LogP contribution < -0.4 is 0 Å². The van der Waals surface area contributed by atoms with Gasteiger partial charge in [0, 0.05) is 5.56 Å². The molecule has 0 spiro atoms. The van der Waals surface area contributed by atoms with Crippen molar-refractivity contribution in [1.82, 2.24) is 0 Å². The van der Waals surface area contributed by atoms with E-state index >= 15 is 0 Å². The summed E-state index contributed by atoms with van der Waals surface area (Å²) in [6.45, 7) is 3.26. The molecule has 1 aromatic carbocycles. The number of rotatable bonds is 1. The summed E-state index contributed by atoms with van der Waals surface area (Å²) in [6.07, 6.45) is -0.422. The third kappa shape index (κ3) is 1.88. The lowest BCUT2D eigenvalue weighted by molar-refractivity contribution is 0.0546. The summed E-state index contributed by atoms with van der Waals surface area (Å²) in [4.78, 5) is 4.06.